The molecule has 2 aromatic carbocycles. The quantitative estimate of drug-likeness (QED) is 0.122. The first-order chi connectivity index (χ1) is 19.6. The standard InChI is InChI=1S/C29H38N6O6/c1-17(33-27(38)22(31)15-19-16-32-23-7-3-2-6-21(19)23)26(37)35-25(14-18-9-11-20(36)12-10-18)28(39)34-24(29(40)41)8-4-5-13-30/h2-3,6-7,9-12,16-17,22,24-25,32,36H,4-5,8,13-15,30-31H2,1H3,(H,33,38)(H,34,39)(H,35,37)(H,40,41). The van der Waals surface area contributed by atoms with Crippen LogP contribution >= 0.6 is 0 Å². The number of nitrogens with one attached hydrogen (secondary N) is 4. The number of hydrogen-bond donors (Lipinski definition) is 8. The van der Waals surface area contributed by atoms with E-state index < -0.39 is 47.9 Å². The number of nitrogens with two attached hydrogens (primary N) is 2. The van der Waals surface area contributed by atoms with E-state index in [1.165, 1.54) is 19.1 Å². The predicted molar refractivity (Wildman–Crippen MR) is 154 cm³/mol. The fourth-order valence-electron chi connectivity index (χ4n) is 4.41. The SMILES string of the molecule is CC(NC(=O)C(N)Cc1c[nH]c2ccccc12)C(=O)NC(Cc1ccc(O)cc1)C(=O)NC(CCCCN)C(=O)O. The summed E-state index contributed by atoms with van der Waals surface area (Å²) >= 11 is 0. The molecule has 12 heteroatoms. The summed E-state index contributed by atoms with van der Waals surface area (Å²) < 4.78 is 0. The summed E-state index contributed by atoms with van der Waals surface area (Å²) in [6, 6.07) is 9.42. The number of aliphatic carboxylic acids is 1. The van der Waals surface area contributed by atoms with Gasteiger partial charge in [0.05, 0.1) is 6.04 Å². The average molecular weight is 567 g/mol. The van der Waals surface area contributed by atoms with Crippen LogP contribution in [0.25, 0.3) is 10.9 Å². The second-order valence-electron chi connectivity index (χ2n) is 10.0. The molecule has 4 atom stereocenters. The monoisotopic (exact) mass is 566 g/mol. The zero-order chi connectivity index (χ0) is 29.9. The van der Waals surface area contributed by atoms with Crippen LogP contribution in [-0.4, -0.2) is 69.6 Å². The molecule has 3 rings (SSSR count). The first-order valence-electron chi connectivity index (χ1n) is 13.5. The maximum Gasteiger partial charge on any atom is 0.326 e. The van der Waals surface area contributed by atoms with E-state index in [0.29, 0.717) is 24.9 Å². The van der Waals surface area contributed by atoms with E-state index in [-0.39, 0.29) is 25.0 Å². The molecule has 3 amide bonds. The van der Waals surface area contributed by atoms with E-state index in [0.717, 1.165) is 16.5 Å². The number of phenolic OH excluding ortho intramolecular Hbond substituents is 1. The Kier molecular flexibility index (Phi) is 11.2. The van der Waals surface area contributed by atoms with E-state index >= 15 is 0 Å². The second kappa shape index (κ2) is 14.8. The van der Waals surface area contributed by atoms with Gasteiger partial charge in [-0.3, -0.25) is 14.4 Å². The molecule has 1 aromatic heterocycles. The molecular weight excluding hydrogens is 528 g/mol. The number of unbranched alkanes of at least 4 members (excludes halogenated alkanes) is 1. The number of aromatic amines is 1. The third kappa shape index (κ3) is 9.05. The Hall–Kier alpha value is -4.42. The van der Waals surface area contributed by atoms with Gasteiger partial charge in [-0.2, -0.15) is 0 Å². The average Bonchev–Trinajstić information content (AvgIpc) is 3.35. The van der Waals surface area contributed by atoms with Gasteiger partial charge in [0.1, 0.15) is 23.9 Å². The van der Waals surface area contributed by atoms with Gasteiger partial charge in [0, 0.05) is 23.5 Å². The van der Waals surface area contributed by atoms with Gasteiger partial charge in [-0.05, 0) is 68.5 Å². The zero-order valence-electron chi connectivity index (χ0n) is 22.9. The number of fused-ring (bicyclic) bond motifs is 1. The molecule has 0 bridgehead atoms. The molecule has 0 radical (unpaired) electrons. The second-order valence-corrected chi connectivity index (χ2v) is 10.0. The molecule has 0 saturated carbocycles. The number of phenols is 1. The molecule has 4 unspecified atom stereocenters. The molecule has 0 aliphatic heterocycles. The number of benzene rings is 2. The minimum absolute atomic E-state index is 0.0216. The molecule has 41 heavy (non-hydrogen) atoms. The molecule has 0 aliphatic carbocycles. The number of H-pyrrole nitrogens is 1. The van der Waals surface area contributed by atoms with Crippen LogP contribution in [0, 0.1) is 0 Å². The molecule has 0 spiro atoms. The fraction of sp³-hybridized carbons (Fsp3) is 0.379. The van der Waals surface area contributed by atoms with Crippen LogP contribution in [0.3, 0.4) is 0 Å². The lowest BCUT2D eigenvalue weighted by Crippen LogP contribution is -2.57. The van der Waals surface area contributed by atoms with E-state index in [9.17, 15) is 29.4 Å². The van der Waals surface area contributed by atoms with Crippen molar-refractivity contribution in [2.24, 2.45) is 11.5 Å². The first kappa shape index (κ1) is 31.1. The number of carbonyl (C=O) groups is 4. The Bertz CT molecular complexity index is 1340. The number of rotatable bonds is 15. The van der Waals surface area contributed by atoms with Gasteiger partial charge >= 0.3 is 5.97 Å². The van der Waals surface area contributed by atoms with Crippen LogP contribution < -0.4 is 27.4 Å². The number of carboxylic acid groups (broad SMARTS) is 1. The smallest absolute Gasteiger partial charge is 0.326 e. The topological polar surface area (TPSA) is 213 Å². The van der Waals surface area contributed by atoms with E-state index in [1.807, 2.05) is 24.3 Å². The third-order valence-electron chi connectivity index (χ3n) is 6.77. The largest absolute Gasteiger partial charge is 0.508 e. The van der Waals surface area contributed by atoms with Crippen molar-refractivity contribution < 1.29 is 29.4 Å². The molecular formula is C29H38N6O6. The van der Waals surface area contributed by atoms with Gasteiger partial charge in [-0.1, -0.05) is 30.3 Å². The van der Waals surface area contributed by atoms with Crippen LogP contribution in [0.5, 0.6) is 5.75 Å². The minimum Gasteiger partial charge on any atom is -0.508 e. The van der Waals surface area contributed by atoms with Crippen molar-refractivity contribution in [1.82, 2.24) is 20.9 Å². The number of aromatic nitrogens is 1. The molecule has 220 valence electrons. The van der Waals surface area contributed by atoms with Crippen molar-refractivity contribution in [1.29, 1.82) is 0 Å². The Labute approximate surface area is 237 Å². The first-order valence-corrected chi connectivity index (χ1v) is 13.5. The highest BCUT2D eigenvalue weighted by atomic mass is 16.4. The van der Waals surface area contributed by atoms with E-state index in [4.69, 9.17) is 11.5 Å². The van der Waals surface area contributed by atoms with Gasteiger partial charge in [0.25, 0.3) is 0 Å². The lowest BCUT2D eigenvalue weighted by Gasteiger charge is -2.24. The summed E-state index contributed by atoms with van der Waals surface area (Å²) in [5.41, 5.74) is 14.0. The highest BCUT2D eigenvalue weighted by molar-refractivity contribution is 5.94. The van der Waals surface area contributed by atoms with Gasteiger partial charge < -0.3 is 42.6 Å². The van der Waals surface area contributed by atoms with Crippen LogP contribution in [0.4, 0.5) is 0 Å². The van der Waals surface area contributed by atoms with Crippen molar-refractivity contribution >= 4 is 34.6 Å². The summed E-state index contributed by atoms with van der Waals surface area (Å²) in [6.45, 7) is 1.86. The molecule has 0 aliphatic rings. The molecule has 10 N–H and O–H groups in total. The summed E-state index contributed by atoms with van der Waals surface area (Å²) in [5.74, 6) is -3.05. The van der Waals surface area contributed by atoms with Gasteiger partial charge in [-0.15, -0.1) is 0 Å². The summed E-state index contributed by atoms with van der Waals surface area (Å²) in [4.78, 5) is 53.9. The fourth-order valence-corrected chi connectivity index (χ4v) is 4.41. The summed E-state index contributed by atoms with van der Waals surface area (Å²) in [7, 11) is 0. The highest BCUT2D eigenvalue weighted by Crippen LogP contribution is 2.19. The lowest BCUT2D eigenvalue weighted by molar-refractivity contribution is -0.142. The van der Waals surface area contributed by atoms with Crippen molar-refractivity contribution in [2.75, 3.05) is 6.54 Å². The van der Waals surface area contributed by atoms with Gasteiger partial charge in [0.15, 0.2) is 0 Å². The molecule has 1 heterocycles. The van der Waals surface area contributed by atoms with Gasteiger partial charge in [0.2, 0.25) is 17.7 Å². The van der Waals surface area contributed by atoms with Crippen LogP contribution in [0.1, 0.15) is 37.3 Å². The van der Waals surface area contributed by atoms with E-state index in [2.05, 4.69) is 20.9 Å². The molecule has 0 fully saturated rings. The normalized spacial score (nSPS) is 14.0. The Morgan fingerprint density at radius 1 is 0.878 bits per heavy atom. The van der Waals surface area contributed by atoms with E-state index in [1.54, 1.807) is 18.3 Å². The molecule has 0 saturated heterocycles. The third-order valence-corrected chi connectivity index (χ3v) is 6.77. The highest BCUT2D eigenvalue weighted by Gasteiger charge is 2.29. The molecule has 12 nitrogen and oxygen atoms in total. The van der Waals surface area contributed by atoms with Gasteiger partial charge in [-0.25, -0.2) is 4.79 Å². The number of amides is 3. The maximum absolute atomic E-state index is 13.2. The van der Waals surface area contributed by atoms with Crippen LogP contribution in [0.15, 0.2) is 54.7 Å². The summed E-state index contributed by atoms with van der Waals surface area (Å²) in [6.07, 6.45) is 3.35. The minimum atomic E-state index is -1.20. The lowest BCUT2D eigenvalue weighted by atomic mass is 10.0. The van der Waals surface area contributed by atoms with Crippen molar-refractivity contribution in [3.05, 3.63) is 65.9 Å². The van der Waals surface area contributed by atoms with Crippen LogP contribution in [-0.2, 0) is 32.0 Å². The number of carboxylic acids is 1. The summed E-state index contributed by atoms with van der Waals surface area (Å²) in [5, 5.41) is 27.8. The van der Waals surface area contributed by atoms with Crippen LogP contribution in [0.2, 0.25) is 0 Å². The van der Waals surface area contributed by atoms with Crippen molar-refractivity contribution in [3.63, 3.8) is 0 Å². The number of para-hydroxylation sites is 1. The Morgan fingerprint density at radius 2 is 1.56 bits per heavy atom. The van der Waals surface area contributed by atoms with Crippen molar-refractivity contribution in [3.8, 4) is 5.75 Å². The maximum atomic E-state index is 13.2. The zero-order valence-corrected chi connectivity index (χ0v) is 22.9. The predicted octanol–water partition coefficient (Wildman–Crippen LogP) is 0.674. The number of hydrogen-bond acceptors (Lipinski definition) is 7. The molecule has 3 aromatic rings. The number of aromatic hydroxyl groups is 1. The number of carbonyl (C=O) groups excluding carboxylic acids is 3. The van der Waals surface area contributed by atoms with Crippen molar-refractivity contribution in [2.45, 2.75) is 63.2 Å². The Balaban J connectivity index is 1.65. The Morgan fingerprint density at radius 3 is 2.24 bits per heavy atom.